The zero-order valence-electron chi connectivity index (χ0n) is 17.4. The third-order valence-electron chi connectivity index (χ3n) is 5.85. The highest BCUT2D eigenvalue weighted by atomic mass is 32.2. The van der Waals surface area contributed by atoms with E-state index in [1.807, 2.05) is 6.26 Å². The maximum Gasteiger partial charge on any atom is 0.416 e. The Balaban J connectivity index is 1.37. The Kier molecular flexibility index (Phi) is 6.07. The molecule has 0 aliphatic carbocycles. The van der Waals surface area contributed by atoms with Gasteiger partial charge in [0.15, 0.2) is 0 Å². The Morgan fingerprint density at radius 2 is 1.88 bits per heavy atom. The largest absolute Gasteiger partial charge is 0.441 e. The van der Waals surface area contributed by atoms with E-state index in [9.17, 15) is 22.8 Å². The average Bonchev–Trinajstić information content (AvgIpc) is 3.07. The average molecular weight is 465 g/mol. The van der Waals surface area contributed by atoms with Crippen LogP contribution in [0.1, 0.15) is 34.3 Å². The lowest BCUT2D eigenvalue weighted by atomic mass is 9.91. The Hall–Kier alpha value is -2.75. The molecule has 2 aliphatic rings. The molecule has 0 radical (unpaired) electrons. The van der Waals surface area contributed by atoms with Gasteiger partial charge in [0.1, 0.15) is 10.6 Å². The summed E-state index contributed by atoms with van der Waals surface area (Å²) in [5.74, 6) is -0.0942. The highest BCUT2D eigenvalue weighted by Gasteiger charge is 2.47. The smallest absolute Gasteiger partial charge is 0.416 e. The lowest BCUT2D eigenvalue weighted by Crippen LogP contribution is -2.48. The molecule has 2 fully saturated rings. The molecule has 0 saturated carbocycles. The monoisotopic (exact) mass is 465 g/mol. The van der Waals surface area contributed by atoms with Crippen molar-refractivity contribution in [3.63, 3.8) is 0 Å². The van der Waals surface area contributed by atoms with Crippen LogP contribution < -0.4 is 0 Å². The molecule has 170 valence electrons. The predicted octanol–water partition coefficient (Wildman–Crippen LogP) is 4.45. The number of aromatic nitrogens is 1. The molecule has 1 aromatic heterocycles. The molecule has 1 spiro atoms. The summed E-state index contributed by atoms with van der Waals surface area (Å²) in [5.41, 5.74) is -0.252. The maximum atomic E-state index is 12.9. The van der Waals surface area contributed by atoms with Crippen molar-refractivity contribution in [3.8, 4) is 0 Å². The van der Waals surface area contributed by atoms with Crippen molar-refractivity contribution in [2.75, 3.05) is 25.9 Å². The minimum absolute atomic E-state index is 0.0942. The number of pyridine rings is 1. The van der Waals surface area contributed by atoms with Gasteiger partial charge in [-0.2, -0.15) is 13.2 Å². The van der Waals surface area contributed by atoms with Crippen LogP contribution in [0.15, 0.2) is 47.6 Å². The van der Waals surface area contributed by atoms with Crippen LogP contribution in [0.3, 0.4) is 0 Å². The molecule has 10 heteroatoms. The molecule has 32 heavy (non-hydrogen) atoms. The van der Waals surface area contributed by atoms with Crippen LogP contribution in [0.2, 0.25) is 0 Å². The van der Waals surface area contributed by atoms with Gasteiger partial charge in [-0.1, -0.05) is 12.1 Å². The molecular formula is C22H22F3N3O3S. The second-order valence-electron chi connectivity index (χ2n) is 7.95. The van der Waals surface area contributed by atoms with Gasteiger partial charge in [-0.25, -0.2) is 9.78 Å². The SMILES string of the molecule is CSc1ncccc1C(=O)N1CCC2(CC1)CN(Cc1ccc(C(F)(F)F)cc1)C(=O)O2. The molecule has 3 heterocycles. The molecule has 2 aliphatic heterocycles. The quantitative estimate of drug-likeness (QED) is 0.625. The molecule has 6 nitrogen and oxygen atoms in total. The molecule has 0 N–H and O–H groups in total. The zero-order chi connectivity index (χ0) is 22.9. The molecule has 1 aromatic carbocycles. The fourth-order valence-electron chi connectivity index (χ4n) is 4.10. The molecule has 4 rings (SSSR count). The van der Waals surface area contributed by atoms with Gasteiger partial charge in [-0.3, -0.25) is 9.69 Å². The highest BCUT2D eigenvalue weighted by Crippen LogP contribution is 2.35. The molecular weight excluding hydrogens is 443 g/mol. The zero-order valence-corrected chi connectivity index (χ0v) is 18.2. The number of carbonyl (C=O) groups excluding carboxylic acids is 2. The van der Waals surface area contributed by atoms with Crippen LogP contribution in [0.25, 0.3) is 0 Å². The van der Waals surface area contributed by atoms with Crippen LogP contribution in [0.5, 0.6) is 0 Å². The highest BCUT2D eigenvalue weighted by molar-refractivity contribution is 7.98. The lowest BCUT2D eigenvalue weighted by molar-refractivity contribution is -0.137. The number of alkyl halides is 3. The first-order valence-corrected chi connectivity index (χ1v) is 11.4. The predicted molar refractivity (Wildman–Crippen MR) is 112 cm³/mol. The second kappa shape index (κ2) is 8.65. The van der Waals surface area contributed by atoms with Gasteiger partial charge >= 0.3 is 12.3 Å². The first-order chi connectivity index (χ1) is 15.2. The van der Waals surface area contributed by atoms with Crippen LogP contribution in [-0.2, 0) is 17.5 Å². The van der Waals surface area contributed by atoms with E-state index in [-0.39, 0.29) is 12.5 Å². The van der Waals surface area contributed by atoms with E-state index in [4.69, 9.17) is 4.74 Å². The summed E-state index contributed by atoms with van der Waals surface area (Å²) < 4.78 is 43.9. The Morgan fingerprint density at radius 3 is 2.50 bits per heavy atom. The Bertz CT molecular complexity index is 1010. The van der Waals surface area contributed by atoms with Gasteiger partial charge in [0, 0.05) is 38.7 Å². The summed E-state index contributed by atoms with van der Waals surface area (Å²) in [7, 11) is 0. The van der Waals surface area contributed by atoms with E-state index in [2.05, 4.69) is 4.98 Å². The van der Waals surface area contributed by atoms with Gasteiger partial charge in [0.25, 0.3) is 5.91 Å². The first kappa shape index (κ1) is 22.4. The fraction of sp³-hybridized carbons (Fsp3) is 0.409. The number of hydrogen-bond donors (Lipinski definition) is 0. The van der Waals surface area contributed by atoms with Gasteiger partial charge < -0.3 is 9.64 Å². The van der Waals surface area contributed by atoms with Crippen molar-refractivity contribution < 1.29 is 27.5 Å². The van der Waals surface area contributed by atoms with Crippen molar-refractivity contribution in [2.24, 2.45) is 0 Å². The third kappa shape index (κ3) is 4.55. The van der Waals surface area contributed by atoms with Crippen molar-refractivity contribution in [3.05, 3.63) is 59.3 Å². The summed E-state index contributed by atoms with van der Waals surface area (Å²) >= 11 is 1.41. The van der Waals surface area contributed by atoms with Crippen LogP contribution in [-0.4, -0.2) is 58.3 Å². The molecule has 2 aromatic rings. The number of ether oxygens (including phenoxy) is 1. The maximum absolute atomic E-state index is 12.9. The Morgan fingerprint density at radius 1 is 1.19 bits per heavy atom. The normalized spacial score (nSPS) is 18.2. The van der Waals surface area contributed by atoms with Gasteiger partial charge in [0.05, 0.1) is 17.7 Å². The van der Waals surface area contributed by atoms with Gasteiger partial charge in [-0.15, -0.1) is 11.8 Å². The standard InChI is InChI=1S/C22H22F3N3O3S/c1-32-18-17(3-2-10-26-18)19(29)27-11-8-21(9-12-27)14-28(20(30)31-21)13-15-4-6-16(7-5-15)22(23,24)25/h2-7,10H,8-9,11-14H2,1H3. The second-order valence-corrected chi connectivity index (χ2v) is 8.75. The minimum atomic E-state index is -4.40. The molecule has 0 unspecified atom stereocenters. The number of halogens is 3. The number of nitrogens with zero attached hydrogens (tertiary/aromatic N) is 3. The van der Waals surface area contributed by atoms with E-state index in [1.165, 1.54) is 28.8 Å². The summed E-state index contributed by atoms with van der Waals surface area (Å²) in [5, 5.41) is 0.674. The van der Waals surface area contributed by atoms with E-state index in [0.717, 1.165) is 12.1 Å². The van der Waals surface area contributed by atoms with Crippen LogP contribution >= 0.6 is 11.8 Å². The van der Waals surface area contributed by atoms with E-state index in [0.29, 0.717) is 48.6 Å². The van der Waals surface area contributed by atoms with E-state index >= 15 is 0 Å². The fourth-order valence-corrected chi connectivity index (χ4v) is 4.64. The number of benzene rings is 1. The van der Waals surface area contributed by atoms with E-state index < -0.39 is 23.4 Å². The minimum Gasteiger partial charge on any atom is -0.441 e. The molecule has 2 saturated heterocycles. The molecule has 2 amide bonds. The summed E-state index contributed by atoms with van der Waals surface area (Å²) in [6.07, 6.45) is -0.356. The van der Waals surface area contributed by atoms with Crippen LogP contribution in [0, 0.1) is 0 Å². The number of hydrogen-bond acceptors (Lipinski definition) is 5. The molecule has 0 bridgehead atoms. The van der Waals surface area contributed by atoms with Crippen molar-refractivity contribution in [2.45, 2.75) is 36.2 Å². The first-order valence-electron chi connectivity index (χ1n) is 10.1. The third-order valence-corrected chi connectivity index (χ3v) is 6.56. The van der Waals surface area contributed by atoms with Crippen molar-refractivity contribution in [1.29, 1.82) is 0 Å². The summed E-state index contributed by atoms with van der Waals surface area (Å²) in [6.45, 7) is 1.41. The van der Waals surface area contributed by atoms with Gasteiger partial charge in [-0.05, 0) is 36.1 Å². The number of thioether (sulfide) groups is 1. The van der Waals surface area contributed by atoms with Crippen molar-refractivity contribution in [1.82, 2.24) is 14.8 Å². The Labute approximate surface area is 187 Å². The molecule has 0 atom stereocenters. The van der Waals surface area contributed by atoms with Gasteiger partial charge in [0.2, 0.25) is 0 Å². The number of likely N-dealkylation sites (tertiary alicyclic amines) is 1. The van der Waals surface area contributed by atoms with Crippen LogP contribution in [0.4, 0.5) is 18.0 Å². The lowest BCUT2D eigenvalue weighted by Gasteiger charge is -2.37. The van der Waals surface area contributed by atoms with E-state index in [1.54, 1.807) is 23.2 Å². The summed E-state index contributed by atoms with van der Waals surface area (Å²) in [6, 6.07) is 8.26. The topological polar surface area (TPSA) is 62.7 Å². The summed E-state index contributed by atoms with van der Waals surface area (Å²) in [4.78, 5) is 32.8. The number of carbonyl (C=O) groups is 2. The van der Waals surface area contributed by atoms with Crippen molar-refractivity contribution >= 4 is 23.8 Å². The number of amides is 2. The number of piperidine rings is 1. The number of rotatable bonds is 4.